The molecule has 3 atom stereocenters. The number of ketones is 1. The molecule has 2 aromatic heterocycles. The molecule has 74 heavy (non-hydrogen) atoms. The molecule has 2 aliphatic rings. The second-order valence-electron chi connectivity index (χ2n) is 21.3. The molecule has 2 fully saturated rings. The number of carbonyl (C=O) groups excluding carboxylic acids is 4. The van der Waals surface area contributed by atoms with Gasteiger partial charge < -0.3 is 34.4 Å². The first-order valence-electron chi connectivity index (χ1n) is 25.9. The molecule has 0 saturated carbocycles. The number of nitrogens with one attached hydrogen (secondary N) is 1. The van der Waals surface area contributed by atoms with Crippen LogP contribution in [0.15, 0.2) is 78.4 Å². The van der Waals surface area contributed by atoms with E-state index in [2.05, 4.69) is 26.3 Å². The highest BCUT2D eigenvalue weighted by molar-refractivity contribution is 7.70. The van der Waals surface area contributed by atoms with Crippen LogP contribution < -0.4 is 20.3 Å². The number of hydrogen-bond acceptors (Lipinski definition) is 12. The number of piperazine rings is 1. The average molecular weight is 1070 g/mol. The predicted octanol–water partition coefficient (Wildman–Crippen LogP) is 9.28. The number of carbonyl (C=O) groups is 4. The van der Waals surface area contributed by atoms with Crippen molar-refractivity contribution in [2.24, 2.45) is 11.3 Å². The van der Waals surface area contributed by atoms with Crippen molar-refractivity contribution < 1.29 is 33.6 Å². The summed E-state index contributed by atoms with van der Waals surface area (Å²) in [5, 5.41) is 14.9. The van der Waals surface area contributed by atoms with Crippen molar-refractivity contribution in [3.05, 3.63) is 117 Å². The molecule has 0 bridgehead atoms. The smallest absolute Gasteiger partial charge is 0.243 e. The molecule has 17 heteroatoms. The molecule has 2 saturated heterocycles. The lowest BCUT2D eigenvalue weighted by Gasteiger charge is -2.36. The number of benzene rings is 3. The third-order valence-corrected chi connectivity index (χ3v) is 17.2. The number of hydrogen-bond donors (Lipinski definition) is 2. The lowest BCUT2D eigenvalue weighted by Crippen LogP contribution is -2.50. The van der Waals surface area contributed by atoms with Gasteiger partial charge in [-0.05, 0) is 61.3 Å². The average Bonchev–Trinajstić information content (AvgIpc) is 4.00. The monoisotopic (exact) mass is 1070 g/mol. The number of unbranched alkanes of at least 4 members (excludes halogenated alkanes) is 4. The van der Waals surface area contributed by atoms with Crippen LogP contribution in [0.5, 0.6) is 5.75 Å². The molecule has 7 rings (SSSR count). The van der Waals surface area contributed by atoms with Crippen LogP contribution in [0.1, 0.15) is 112 Å². The number of anilines is 1. The fraction of sp³-hybridized carbons (Fsp3) is 0.491. The highest BCUT2D eigenvalue weighted by Crippen LogP contribution is 2.38. The maximum atomic E-state index is 14.1. The Balaban J connectivity index is 0.801. The number of β-amino-alcohol motifs (C(OH)–C–C–N with tert-alkyl or cyclic N) is 1. The number of ether oxygens (including phenoxy) is 1. The Hall–Kier alpha value is -5.47. The number of nitrogens with zero attached hydrogens (tertiary/aromatic N) is 6. The van der Waals surface area contributed by atoms with Crippen molar-refractivity contribution in [2.45, 2.75) is 117 Å². The number of halogens is 1. The molecule has 0 spiro atoms. The van der Waals surface area contributed by atoms with E-state index in [1.54, 1.807) is 38.0 Å². The molecule has 396 valence electrons. The lowest BCUT2D eigenvalue weighted by atomic mass is 9.76. The molecule has 0 aliphatic carbocycles. The SMILES string of the molecule is COc1cc(N2CCN(C(=O)CCCCCCCC(=O)C[C@H](C(=O)N3C[C@H](O)C[C@H]3C(=O)NCc3ccc(-c4scnc4C)cc3)C(C)(C)C)CC2)ccc1Cc1ncc(Cl)c(Cc2ccccc2P(C)(C)=O)n1. The maximum Gasteiger partial charge on any atom is 0.243 e. The molecule has 2 aliphatic heterocycles. The van der Waals surface area contributed by atoms with E-state index < -0.39 is 30.6 Å². The van der Waals surface area contributed by atoms with E-state index in [0.717, 1.165) is 75.2 Å². The van der Waals surface area contributed by atoms with E-state index in [9.17, 15) is 28.8 Å². The minimum atomic E-state index is -2.50. The topological polar surface area (TPSA) is 175 Å². The Bertz CT molecular complexity index is 2800. The van der Waals surface area contributed by atoms with Crippen LogP contribution in [0, 0.1) is 18.3 Å². The summed E-state index contributed by atoms with van der Waals surface area (Å²) in [4.78, 5) is 74.7. The van der Waals surface area contributed by atoms with E-state index in [1.165, 1.54) is 4.90 Å². The predicted molar refractivity (Wildman–Crippen MR) is 295 cm³/mol. The van der Waals surface area contributed by atoms with E-state index >= 15 is 0 Å². The molecule has 5 aromatic rings. The zero-order valence-corrected chi connectivity index (χ0v) is 46.5. The fourth-order valence-electron chi connectivity index (χ4n) is 10.0. The van der Waals surface area contributed by atoms with Gasteiger partial charge in [0.2, 0.25) is 17.7 Å². The molecule has 0 radical (unpaired) electrons. The van der Waals surface area contributed by atoms with Crippen molar-refractivity contribution in [2.75, 3.05) is 58.1 Å². The van der Waals surface area contributed by atoms with Gasteiger partial charge in [0.1, 0.15) is 30.5 Å². The van der Waals surface area contributed by atoms with Crippen molar-refractivity contribution in [3.63, 3.8) is 0 Å². The van der Waals surface area contributed by atoms with Crippen molar-refractivity contribution in [1.82, 2.24) is 30.1 Å². The molecule has 0 unspecified atom stereocenters. The van der Waals surface area contributed by atoms with Gasteiger partial charge in [-0.3, -0.25) is 19.2 Å². The Morgan fingerprint density at radius 2 is 1.61 bits per heavy atom. The van der Waals surface area contributed by atoms with Crippen LogP contribution in [-0.2, 0) is 43.1 Å². The quantitative estimate of drug-likeness (QED) is 0.0499. The van der Waals surface area contributed by atoms with E-state index in [-0.39, 0.29) is 49.4 Å². The number of likely N-dealkylation sites (tertiary alicyclic amines) is 1. The normalized spacial score (nSPS) is 16.6. The Morgan fingerprint density at radius 1 is 0.905 bits per heavy atom. The second kappa shape index (κ2) is 25.4. The van der Waals surface area contributed by atoms with Crippen LogP contribution in [0.2, 0.25) is 5.02 Å². The lowest BCUT2D eigenvalue weighted by molar-refractivity contribution is -0.146. The summed E-state index contributed by atoms with van der Waals surface area (Å²) in [7, 11) is -0.844. The summed E-state index contributed by atoms with van der Waals surface area (Å²) in [6.07, 6.45) is 6.93. The number of aliphatic hydroxyl groups is 1. The van der Waals surface area contributed by atoms with Crippen molar-refractivity contribution >= 4 is 64.6 Å². The molecule has 2 N–H and O–H groups in total. The standard InChI is InChI=1S/C57H73ClN7O7PS/c1-38-54(74-37-61-38)40-21-19-39(20-22-40)34-60-55(69)49-33-45(67)36-65(49)56(70)46(57(2,3)4)32-44(66)16-11-9-8-10-12-18-53(68)64-27-25-63(26-28-64)43-24-23-41(50(31-43)72-5)30-52-59-35-47(58)48(62-52)29-42-15-13-14-17-51(42)73(6,7)71/h13-15,17,19-24,31,35,37,45-46,49,67H,8-12,16,18,25-30,32-34,36H2,1-7H3,(H,60,69)/t45-,46-,49+/m1/s1. The first-order valence-corrected chi connectivity index (χ1v) is 29.8. The van der Waals surface area contributed by atoms with Gasteiger partial charge in [0.05, 0.1) is 40.0 Å². The van der Waals surface area contributed by atoms with Gasteiger partial charge in [0, 0.05) is 113 Å². The van der Waals surface area contributed by atoms with Gasteiger partial charge in [0.15, 0.2) is 0 Å². The van der Waals surface area contributed by atoms with Crippen LogP contribution in [0.4, 0.5) is 5.69 Å². The third kappa shape index (κ3) is 14.9. The number of rotatable bonds is 22. The molecule has 14 nitrogen and oxygen atoms in total. The van der Waals surface area contributed by atoms with E-state index in [0.29, 0.717) is 74.8 Å². The number of aliphatic hydroxyl groups excluding tert-OH is 1. The van der Waals surface area contributed by atoms with Gasteiger partial charge in [-0.15, -0.1) is 11.3 Å². The minimum absolute atomic E-state index is 0.0167. The van der Waals surface area contributed by atoms with Gasteiger partial charge in [-0.2, -0.15) is 0 Å². The summed E-state index contributed by atoms with van der Waals surface area (Å²) < 4.78 is 18.8. The molecule has 4 heterocycles. The second-order valence-corrected chi connectivity index (χ2v) is 25.7. The number of aryl methyl sites for hydroxylation is 1. The van der Waals surface area contributed by atoms with Crippen molar-refractivity contribution in [1.29, 1.82) is 0 Å². The zero-order chi connectivity index (χ0) is 53.2. The third-order valence-electron chi connectivity index (χ3n) is 14.3. The van der Waals surface area contributed by atoms with E-state index in [4.69, 9.17) is 21.3 Å². The van der Waals surface area contributed by atoms with E-state index in [1.807, 2.05) is 98.8 Å². The van der Waals surface area contributed by atoms with Gasteiger partial charge in [0.25, 0.3) is 0 Å². The number of Topliss-reactive ketones (excluding diaryl/α,β-unsaturated/α-hetero) is 1. The fourth-order valence-corrected chi connectivity index (χ4v) is 12.3. The van der Waals surface area contributed by atoms with Gasteiger partial charge in [-0.1, -0.05) is 106 Å². The highest BCUT2D eigenvalue weighted by atomic mass is 35.5. The molecular formula is C57H73ClN7O7PS. The van der Waals surface area contributed by atoms with Crippen LogP contribution >= 0.6 is 30.1 Å². The Kier molecular flexibility index (Phi) is 19.3. The largest absolute Gasteiger partial charge is 0.496 e. The summed E-state index contributed by atoms with van der Waals surface area (Å²) in [6, 6.07) is 21.0. The molecule has 3 amide bonds. The Morgan fingerprint density at radius 3 is 2.28 bits per heavy atom. The molecule has 3 aromatic carbocycles. The van der Waals surface area contributed by atoms with Gasteiger partial charge >= 0.3 is 0 Å². The van der Waals surface area contributed by atoms with Gasteiger partial charge in [-0.25, -0.2) is 15.0 Å². The minimum Gasteiger partial charge on any atom is -0.496 e. The van der Waals surface area contributed by atoms with Crippen LogP contribution in [0.3, 0.4) is 0 Å². The number of amides is 3. The molecular weight excluding hydrogens is 993 g/mol. The Labute approximate surface area is 446 Å². The van der Waals surface area contributed by atoms with Crippen LogP contribution in [-0.4, -0.2) is 119 Å². The number of aromatic nitrogens is 3. The zero-order valence-electron chi connectivity index (χ0n) is 44.1. The first-order chi connectivity index (χ1) is 35.3. The van der Waals surface area contributed by atoms with Crippen LogP contribution in [0.25, 0.3) is 10.4 Å². The number of thiazole rings is 1. The summed E-state index contributed by atoms with van der Waals surface area (Å²) >= 11 is 8.15. The van der Waals surface area contributed by atoms with Crippen molar-refractivity contribution in [3.8, 4) is 16.2 Å². The summed E-state index contributed by atoms with van der Waals surface area (Å²) in [5.41, 5.74) is 7.82. The highest BCUT2D eigenvalue weighted by Gasteiger charge is 2.44. The maximum absolute atomic E-state index is 14.1. The number of methoxy groups -OCH3 is 1. The first kappa shape index (κ1) is 56.3. The summed E-state index contributed by atoms with van der Waals surface area (Å²) in [6.45, 7) is 14.4. The summed E-state index contributed by atoms with van der Waals surface area (Å²) in [5.74, 6) is 0.292.